The molecule has 0 bridgehead atoms. The molecule has 2 rings (SSSR count). The van der Waals surface area contributed by atoms with E-state index in [1.165, 1.54) is 0 Å². The van der Waals surface area contributed by atoms with E-state index in [4.69, 9.17) is 5.73 Å². The predicted molar refractivity (Wildman–Crippen MR) is 57.3 cm³/mol. The van der Waals surface area contributed by atoms with Crippen molar-refractivity contribution in [1.82, 2.24) is 14.5 Å². The maximum atomic E-state index is 9.73. The van der Waals surface area contributed by atoms with E-state index in [0.29, 0.717) is 0 Å². The quantitative estimate of drug-likeness (QED) is 0.739. The molecule has 5 heteroatoms. The molecule has 0 radical (unpaired) electrons. The van der Waals surface area contributed by atoms with Crippen molar-refractivity contribution in [2.75, 3.05) is 6.54 Å². The summed E-state index contributed by atoms with van der Waals surface area (Å²) in [7, 11) is 1.90. The second-order valence-corrected chi connectivity index (χ2v) is 3.54. The summed E-state index contributed by atoms with van der Waals surface area (Å²) in [5, 5.41) is 9.73. The van der Waals surface area contributed by atoms with E-state index in [1.54, 1.807) is 12.3 Å². The highest BCUT2D eigenvalue weighted by atomic mass is 16.3. The first-order valence-electron chi connectivity index (χ1n) is 4.81. The van der Waals surface area contributed by atoms with E-state index in [-0.39, 0.29) is 6.54 Å². The summed E-state index contributed by atoms with van der Waals surface area (Å²) in [5.41, 5.74) is 7.68. The van der Waals surface area contributed by atoms with E-state index in [2.05, 4.69) is 9.97 Å². The Kier molecular flexibility index (Phi) is 2.42. The molecule has 1 unspecified atom stereocenters. The summed E-state index contributed by atoms with van der Waals surface area (Å²) in [6.45, 7) is 2.09. The molecule has 2 aromatic heterocycles. The first-order chi connectivity index (χ1) is 7.15. The van der Waals surface area contributed by atoms with Gasteiger partial charge in [0.1, 0.15) is 11.3 Å². The molecule has 0 saturated carbocycles. The van der Waals surface area contributed by atoms with Gasteiger partial charge in [0.25, 0.3) is 0 Å². The summed E-state index contributed by atoms with van der Waals surface area (Å²) in [6.07, 6.45) is 0.988. The molecule has 15 heavy (non-hydrogen) atoms. The van der Waals surface area contributed by atoms with Crippen LogP contribution in [0.2, 0.25) is 0 Å². The first kappa shape index (κ1) is 10.1. The van der Waals surface area contributed by atoms with Gasteiger partial charge in [-0.15, -0.1) is 0 Å². The van der Waals surface area contributed by atoms with Gasteiger partial charge in [-0.2, -0.15) is 0 Å². The Morgan fingerprint density at radius 2 is 2.33 bits per heavy atom. The molecule has 2 heterocycles. The Balaban J connectivity index is 2.71. The molecule has 0 saturated heterocycles. The molecular formula is C10H14N4O. The average molecular weight is 206 g/mol. The van der Waals surface area contributed by atoms with E-state index < -0.39 is 6.10 Å². The van der Waals surface area contributed by atoms with Crippen LogP contribution in [0.15, 0.2) is 12.3 Å². The third kappa shape index (κ3) is 1.49. The van der Waals surface area contributed by atoms with Crippen molar-refractivity contribution in [3.8, 4) is 0 Å². The zero-order valence-electron chi connectivity index (χ0n) is 8.81. The number of aryl methyl sites for hydroxylation is 2. The van der Waals surface area contributed by atoms with Crippen molar-refractivity contribution in [1.29, 1.82) is 0 Å². The number of aliphatic hydroxyl groups excluding tert-OH is 1. The highest BCUT2D eigenvalue weighted by Gasteiger charge is 2.14. The van der Waals surface area contributed by atoms with Crippen LogP contribution in [-0.2, 0) is 7.05 Å². The fourth-order valence-corrected chi connectivity index (χ4v) is 1.60. The summed E-state index contributed by atoms with van der Waals surface area (Å²) < 4.78 is 1.89. The number of nitrogens with zero attached hydrogens (tertiary/aromatic N) is 3. The highest BCUT2D eigenvalue weighted by Crippen LogP contribution is 2.21. The van der Waals surface area contributed by atoms with Gasteiger partial charge in [-0.25, -0.2) is 9.97 Å². The van der Waals surface area contributed by atoms with Crippen molar-refractivity contribution in [3.63, 3.8) is 0 Å². The van der Waals surface area contributed by atoms with Gasteiger partial charge >= 0.3 is 0 Å². The van der Waals surface area contributed by atoms with Gasteiger partial charge in [0.15, 0.2) is 5.65 Å². The third-order valence-electron chi connectivity index (χ3n) is 2.60. The molecule has 3 N–H and O–H groups in total. The highest BCUT2D eigenvalue weighted by molar-refractivity contribution is 5.75. The van der Waals surface area contributed by atoms with Crippen LogP contribution in [0.1, 0.15) is 17.5 Å². The Morgan fingerprint density at radius 3 is 3.00 bits per heavy atom. The number of aliphatic hydroxyl groups is 1. The molecule has 0 fully saturated rings. The number of aromatic nitrogens is 3. The zero-order chi connectivity index (χ0) is 11.0. The number of imidazole rings is 1. The number of rotatable bonds is 2. The monoisotopic (exact) mass is 206 g/mol. The summed E-state index contributed by atoms with van der Waals surface area (Å²) in [6, 6.07) is 1.76. The van der Waals surface area contributed by atoms with Gasteiger partial charge in [-0.05, 0) is 13.0 Å². The second-order valence-electron chi connectivity index (χ2n) is 3.54. The molecule has 80 valence electrons. The third-order valence-corrected chi connectivity index (χ3v) is 2.60. The van der Waals surface area contributed by atoms with Crippen molar-refractivity contribution >= 4 is 11.2 Å². The van der Waals surface area contributed by atoms with E-state index >= 15 is 0 Å². The van der Waals surface area contributed by atoms with Crippen molar-refractivity contribution in [2.24, 2.45) is 12.8 Å². The van der Waals surface area contributed by atoms with Gasteiger partial charge in [-0.1, -0.05) is 0 Å². The summed E-state index contributed by atoms with van der Waals surface area (Å²) in [5.74, 6) is 0.870. The van der Waals surface area contributed by atoms with Crippen LogP contribution >= 0.6 is 0 Å². The number of fused-ring (bicyclic) bond motifs is 1. The van der Waals surface area contributed by atoms with Crippen LogP contribution in [0.3, 0.4) is 0 Å². The van der Waals surface area contributed by atoms with Gasteiger partial charge in [-0.3, -0.25) is 0 Å². The van der Waals surface area contributed by atoms with Crippen LogP contribution in [0.5, 0.6) is 0 Å². The minimum atomic E-state index is -0.676. The largest absolute Gasteiger partial charge is 0.387 e. The summed E-state index contributed by atoms with van der Waals surface area (Å²) >= 11 is 0. The maximum Gasteiger partial charge on any atom is 0.160 e. The number of pyridine rings is 1. The normalized spacial score (nSPS) is 13.3. The Labute approximate surface area is 87.6 Å². The molecule has 1 atom stereocenters. The van der Waals surface area contributed by atoms with Gasteiger partial charge < -0.3 is 15.4 Å². The SMILES string of the molecule is Cc1nc2c(C(O)CN)ccnc2n1C. The average Bonchev–Trinajstić information content (AvgIpc) is 2.54. The lowest BCUT2D eigenvalue weighted by Gasteiger charge is -2.07. The molecule has 2 aromatic rings. The van der Waals surface area contributed by atoms with Crippen LogP contribution < -0.4 is 5.73 Å². The molecule has 0 aromatic carbocycles. The molecule has 0 aliphatic rings. The minimum absolute atomic E-state index is 0.189. The van der Waals surface area contributed by atoms with Crippen LogP contribution in [0.25, 0.3) is 11.2 Å². The number of hydrogen-bond donors (Lipinski definition) is 2. The molecular weight excluding hydrogens is 192 g/mol. The molecule has 0 aliphatic carbocycles. The molecule has 0 spiro atoms. The van der Waals surface area contributed by atoms with Crippen LogP contribution in [0, 0.1) is 6.92 Å². The number of nitrogens with two attached hydrogens (primary N) is 1. The topological polar surface area (TPSA) is 77.0 Å². The summed E-state index contributed by atoms with van der Waals surface area (Å²) in [4.78, 5) is 8.59. The smallest absolute Gasteiger partial charge is 0.160 e. The minimum Gasteiger partial charge on any atom is -0.387 e. The Hall–Kier alpha value is -1.46. The van der Waals surface area contributed by atoms with E-state index in [0.717, 1.165) is 22.6 Å². The molecule has 5 nitrogen and oxygen atoms in total. The number of hydrogen-bond acceptors (Lipinski definition) is 4. The zero-order valence-corrected chi connectivity index (χ0v) is 8.81. The fourth-order valence-electron chi connectivity index (χ4n) is 1.60. The predicted octanol–water partition coefficient (Wildman–Crippen LogP) is 0.269. The Morgan fingerprint density at radius 1 is 1.60 bits per heavy atom. The lowest BCUT2D eigenvalue weighted by Crippen LogP contribution is -2.12. The van der Waals surface area contributed by atoms with Crippen molar-refractivity contribution in [2.45, 2.75) is 13.0 Å². The van der Waals surface area contributed by atoms with E-state index in [9.17, 15) is 5.11 Å². The lowest BCUT2D eigenvalue weighted by molar-refractivity contribution is 0.188. The lowest BCUT2D eigenvalue weighted by atomic mass is 10.1. The molecule has 0 amide bonds. The van der Waals surface area contributed by atoms with E-state index in [1.807, 2.05) is 18.5 Å². The first-order valence-corrected chi connectivity index (χ1v) is 4.81. The van der Waals surface area contributed by atoms with Crippen LogP contribution in [0.4, 0.5) is 0 Å². The van der Waals surface area contributed by atoms with Gasteiger partial charge in [0, 0.05) is 25.4 Å². The van der Waals surface area contributed by atoms with Crippen molar-refractivity contribution in [3.05, 3.63) is 23.7 Å². The molecule has 0 aliphatic heterocycles. The van der Waals surface area contributed by atoms with Crippen LogP contribution in [-0.4, -0.2) is 26.2 Å². The van der Waals surface area contributed by atoms with Gasteiger partial charge in [0.2, 0.25) is 0 Å². The van der Waals surface area contributed by atoms with Gasteiger partial charge in [0.05, 0.1) is 6.10 Å². The fraction of sp³-hybridized carbons (Fsp3) is 0.400. The Bertz CT molecular complexity index is 491. The second kappa shape index (κ2) is 3.60. The maximum absolute atomic E-state index is 9.73. The van der Waals surface area contributed by atoms with Crippen molar-refractivity contribution < 1.29 is 5.11 Å². The standard InChI is InChI=1S/C10H14N4O/c1-6-13-9-7(8(15)5-11)3-4-12-10(9)14(6)2/h3-4,8,15H,5,11H2,1-2H3.